The minimum absolute atomic E-state index is 0.0173. The molecule has 0 heterocycles. The molecule has 1 unspecified atom stereocenters. The minimum atomic E-state index is -0.800. The monoisotopic (exact) mass is 478 g/mol. The quantitative estimate of drug-likeness (QED) is 0.485. The summed E-state index contributed by atoms with van der Waals surface area (Å²) in [4.78, 5) is 36.7. The van der Waals surface area contributed by atoms with E-state index in [4.69, 9.17) is 4.74 Å². The lowest BCUT2D eigenvalue weighted by Crippen LogP contribution is -2.45. The largest absolute Gasteiger partial charge is 0.481 e. The summed E-state index contributed by atoms with van der Waals surface area (Å²) in [7, 11) is 0. The molecule has 3 N–H and O–H groups in total. The van der Waals surface area contributed by atoms with Gasteiger partial charge in [0.25, 0.3) is 0 Å². The highest BCUT2D eigenvalue weighted by molar-refractivity contribution is 5.81. The highest BCUT2D eigenvalue weighted by Crippen LogP contribution is 2.44. The predicted molar refractivity (Wildman–Crippen MR) is 133 cm³/mol. The van der Waals surface area contributed by atoms with E-state index in [-0.39, 0.29) is 36.9 Å². The molecule has 0 aromatic heterocycles. The van der Waals surface area contributed by atoms with Gasteiger partial charge < -0.3 is 20.5 Å². The highest BCUT2D eigenvalue weighted by Gasteiger charge is 2.31. The van der Waals surface area contributed by atoms with Crippen LogP contribution in [0.3, 0.4) is 0 Å². The first kappa shape index (κ1) is 24.8. The summed E-state index contributed by atoms with van der Waals surface area (Å²) in [5.41, 5.74) is 4.64. The van der Waals surface area contributed by atoms with Crippen molar-refractivity contribution in [1.82, 2.24) is 10.6 Å². The van der Waals surface area contributed by atoms with Crippen LogP contribution in [-0.4, -0.2) is 42.3 Å². The summed E-state index contributed by atoms with van der Waals surface area (Å²) < 4.78 is 5.59. The van der Waals surface area contributed by atoms with Gasteiger partial charge in [0.15, 0.2) is 0 Å². The van der Waals surface area contributed by atoms with Crippen LogP contribution in [0.1, 0.15) is 62.5 Å². The second kappa shape index (κ2) is 11.4. The predicted octanol–water partition coefficient (Wildman–Crippen LogP) is 4.70. The van der Waals surface area contributed by atoms with Crippen molar-refractivity contribution in [3.63, 3.8) is 0 Å². The number of carbonyl (C=O) groups is 3. The minimum Gasteiger partial charge on any atom is -0.481 e. The molecular formula is C28H34N2O5. The zero-order valence-corrected chi connectivity index (χ0v) is 20.2. The molecule has 4 rings (SSSR count). The molecule has 2 amide bonds. The van der Waals surface area contributed by atoms with Gasteiger partial charge in [-0.1, -0.05) is 68.3 Å². The molecule has 2 aromatic rings. The number of rotatable bonds is 9. The van der Waals surface area contributed by atoms with Crippen molar-refractivity contribution in [3.8, 4) is 11.1 Å². The Bertz CT molecular complexity index is 1020. The van der Waals surface area contributed by atoms with Gasteiger partial charge in [-0.05, 0) is 47.9 Å². The number of nitrogens with one attached hydrogen (secondary N) is 2. The van der Waals surface area contributed by atoms with Gasteiger partial charge in [0.1, 0.15) is 6.61 Å². The first-order valence-electron chi connectivity index (χ1n) is 12.6. The van der Waals surface area contributed by atoms with Crippen molar-refractivity contribution in [2.24, 2.45) is 11.8 Å². The maximum atomic E-state index is 12.9. The maximum Gasteiger partial charge on any atom is 0.407 e. The van der Waals surface area contributed by atoms with Crippen LogP contribution >= 0.6 is 0 Å². The molecule has 2 aromatic carbocycles. The number of carboxylic acid groups (broad SMARTS) is 1. The molecule has 0 bridgehead atoms. The molecule has 0 radical (unpaired) electrons. The summed E-state index contributed by atoms with van der Waals surface area (Å²) in [6.07, 6.45) is 3.58. The van der Waals surface area contributed by atoms with Gasteiger partial charge in [-0.3, -0.25) is 9.59 Å². The molecule has 7 nitrogen and oxygen atoms in total. The van der Waals surface area contributed by atoms with E-state index in [0.29, 0.717) is 19.3 Å². The Morgan fingerprint density at radius 1 is 1.03 bits per heavy atom. The normalized spacial score (nSPS) is 19.8. The molecule has 2 aliphatic carbocycles. The van der Waals surface area contributed by atoms with Crippen LogP contribution in [0.2, 0.25) is 0 Å². The number of aliphatic carboxylic acids is 1. The first-order valence-corrected chi connectivity index (χ1v) is 12.6. The zero-order valence-electron chi connectivity index (χ0n) is 20.2. The molecule has 3 atom stereocenters. The van der Waals surface area contributed by atoms with Crippen molar-refractivity contribution in [1.29, 1.82) is 0 Å². The average Bonchev–Trinajstić information content (AvgIpc) is 3.19. The van der Waals surface area contributed by atoms with Crippen molar-refractivity contribution >= 4 is 18.0 Å². The molecule has 2 aliphatic rings. The lowest BCUT2D eigenvalue weighted by Gasteiger charge is -2.29. The standard InChI is InChI=1S/C28H34N2O5/c1-2-8-19(26(31)30-20-10-7-9-18(15-20)27(32)33)16-29-28(34)35-17-25-23-13-5-3-11-21(23)22-12-4-6-14-24(22)25/h3-6,11-14,18-20,25H,2,7-10,15-17H2,1H3,(H,29,34)(H,30,31)(H,32,33)/t18-,19?,20-/m1/s1. The number of ether oxygens (including phenoxy) is 1. The van der Waals surface area contributed by atoms with Crippen LogP contribution < -0.4 is 10.6 Å². The molecule has 0 saturated heterocycles. The number of hydrogen-bond acceptors (Lipinski definition) is 4. The third-order valence-electron chi connectivity index (χ3n) is 7.21. The summed E-state index contributed by atoms with van der Waals surface area (Å²) in [6.45, 7) is 2.41. The Balaban J connectivity index is 1.30. The topological polar surface area (TPSA) is 105 Å². The number of hydrogen-bond donors (Lipinski definition) is 3. The van der Waals surface area contributed by atoms with Gasteiger partial charge in [-0.15, -0.1) is 0 Å². The van der Waals surface area contributed by atoms with Gasteiger partial charge in [0, 0.05) is 18.5 Å². The van der Waals surface area contributed by atoms with Crippen LogP contribution in [0.25, 0.3) is 11.1 Å². The van der Waals surface area contributed by atoms with E-state index in [2.05, 4.69) is 34.9 Å². The van der Waals surface area contributed by atoms with E-state index < -0.39 is 18.0 Å². The van der Waals surface area contributed by atoms with Crippen LogP contribution in [0, 0.1) is 11.8 Å². The fourth-order valence-corrected chi connectivity index (χ4v) is 5.39. The van der Waals surface area contributed by atoms with Gasteiger partial charge >= 0.3 is 12.1 Å². The lowest BCUT2D eigenvalue weighted by atomic mass is 9.85. The van der Waals surface area contributed by atoms with Crippen molar-refractivity contribution in [2.75, 3.05) is 13.2 Å². The van der Waals surface area contributed by atoms with Gasteiger partial charge in [-0.2, -0.15) is 0 Å². The van der Waals surface area contributed by atoms with Gasteiger partial charge in [0.05, 0.1) is 11.8 Å². The summed E-state index contributed by atoms with van der Waals surface area (Å²) in [6, 6.07) is 16.2. The number of benzene rings is 2. The Hall–Kier alpha value is -3.35. The van der Waals surface area contributed by atoms with Crippen LogP contribution in [0.4, 0.5) is 4.79 Å². The van der Waals surface area contributed by atoms with E-state index >= 15 is 0 Å². The van der Waals surface area contributed by atoms with Crippen molar-refractivity contribution in [3.05, 3.63) is 59.7 Å². The molecule has 0 aliphatic heterocycles. The molecular weight excluding hydrogens is 444 g/mol. The first-order chi connectivity index (χ1) is 17.0. The number of fused-ring (bicyclic) bond motifs is 3. The fourth-order valence-electron chi connectivity index (χ4n) is 5.39. The number of carbonyl (C=O) groups excluding carboxylic acids is 2. The summed E-state index contributed by atoms with van der Waals surface area (Å²) >= 11 is 0. The SMILES string of the molecule is CCCC(CNC(=O)OCC1c2ccccc2-c2ccccc21)C(=O)N[C@@H]1CCC[C@@H](C(=O)O)C1. The van der Waals surface area contributed by atoms with Crippen LogP contribution in [0.15, 0.2) is 48.5 Å². The summed E-state index contributed by atoms with van der Waals surface area (Å²) in [5, 5.41) is 15.1. The molecule has 35 heavy (non-hydrogen) atoms. The molecule has 1 saturated carbocycles. The Kier molecular flexibility index (Phi) is 8.06. The van der Waals surface area contributed by atoms with Crippen LogP contribution in [0.5, 0.6) is 0 Å². The Morgan fingerprint density at radius 3 is 2.31 bits per heavy atom. The molecule has 1 fully saturated rings. The number of alkyl carbamates (subject to hydrolysis) is 1. The Labute approximate surface area is 206 Å². The van der Waals surface area contributed by atoms with Gasteiger partial charge in [0.2, 0.25) is 5.91 Å². The lowest BCUT2D eigenvalue weighted by molar-refractivity contribution is -0.143. The smallest absolute Gasteiger partial charge is 0.407 e. The molecule has 186 valence electrons. The van der Waals surface area contributed by atoms with Crippen LogP contribution in [-0.2, 0) is 14.3 Å². The van der Waals surface area contributed by atoms with Gasteiger partial charge in [-0.25, -0.2) is 4.79 Å². The Morgan fingerprint density at radius 2 is 1.69 bits per heavy atom. The van der Waals surface area contributed by atoms with E-state index in [1.54, 1.807) is 0 Å². The van der Waals surface area contributed by atoms with E-state index in [9.17, 15) is 19.5 Å². The van der Waals surface area contributed by atoms with E-state index in [1.165, 1.54) is 11.1 Å². The van der Waals surface area contributed by atoms with Crippen molar-refractivity contribution in [2.45, 2.75) is 57.4 Å². The molecule has 7 heteroatoms. The van der Waals surface area contributed by atoms with E-state index in [0.717, 1.165) is 30.4 Å². The fraction of sp³-hybridized carbons (Fsp3) is 0.464. The third-order valence-corrected chi connectivity index (χ3v) is 7.21. The number of carboxylic acids is 1. The summed E-state index contributed by atoms with van der Waals surface area (Å²) in [5.74, 6) is -1.74. The zero-order chi connectivity index (χ0) is 24.8. The highest BCUT2D eigenvalue weighted by atomic mass is 16.5. The maximum absolute atomic E-state index is 12.9. The second-order valence-electron chi connectivity index (χ2n) is 9.60. The average molecular weight is 479 g/mol. The van der Waals surface area contributed by atoms with Crippen molar-refractivity contribution < 1.29 is 24.2 Å². The molecule has 0 spiro atoms. The second-order valence-corrected chi connectivity index (χ2v) is 9.60. The van der Waals surface area contributed by atoms with E-state index in [1.807, 2.05) is 31.2 Å². The third kappa shape index (κ3) is 5.84. The number of amides is 2.